The summed E-state index contributed by atoms with van der Waals surface area (Å²) in [5, 5.41) is 0. The van der Waals surface area contributed by atoms with Gasteiger partial charge in [-0.2, -0.15) is 0 Å². The second kappa shape index (κ2) is 7.95. The molecule has 1 unspecified atom stereocenters. The van der Waals surface area contributed by atoms with Crippen LogP contribution in [0.5, 0.6) is 0 Å². The van der Waals surface area contributed by atoms with Crippen LogP contribution in [0.15, 0.2) is 24.3 Å². The third kappa shape index (κ3) is 4.82. The number of aryl methyl sites for hydroxylation is 1. The lowest BCUT2D eigenvalue weighted by Gasteiger charge is -2.32. The van der Waals surface area contributed by atoms with Crippen LogP contribution in [-0.2, 0) is 0 Å². The Bertz CT molecular complexity index is 421. The highest BCUT2D eigenvalue weighted by Gasteiger charge is 2.24. The van der Waals surface area contributed by atoms with E-state index in [0.29, 0.717) is 0 Å². The van der Waals surface area contributed by atoms with Gasteiger partial charge in [0.1, 0.15) is 0 Å². The number of rotatable bonds is 7. The molecule has 2 rings (SSSR count). The SMILES string of the molecule is Cc1ccccc1C(N)CN(CCC(C)C)C1CCCC1. The Morgan fingerprint density at radius 3 is 2.48 bits per heavy atom. The fourth-order valence-corrected chi connectivity index (χ4v) is 3.47. The van der Waals surface area contributed by atoms with E-state index in [0.717, 1.165) is 18.5 Å². The maximum atomic E-state index is 6.53. The molecule has 0 radical (unpaired) electrons. The third-order valence-electron chi connectivity index (χ3n) is 4.85. The average molecular weight is 288 g/mol. The van der Waals surface area contributed by atoms with Crippen LogP contribution in [0.25, 0.3) is 0 Å². The van der Waals surface area contributed by atoms with E-state index in [9.17, 15) is 0 Å². The van der Waals surface area contributed by atoms with E-state index in [1.54, 1.807) is 0 Å². The van der Waals surface area contributed by atoms with Crippen molar-refractivity contribution in [3.63, 3.8) is 0 Å². The lowest BCUT2D eigenvalue weighted by molar-refractivity contribution is 0.177. The Kier molecular flexibility index (Phi) is 6.25. The molecular formula is C19H32N2. The number of hydrogen-bond acceptors (Lipinski definition) is 2. The van der Waals surface area contributed by atoms with Gasteiger partial charge in [-0.25, -0.2) is 0 Å². The van der Waals surface area contributed by atoms with Gasteiger partial charge in [-0.3, -0.25) is 4.90 Å². The monoisotopic (exact) mass is 288 g/mol. The highest BCUT2D eigenvalue weighted by Crippen LogP contribution is 2.26. The molecule has 0 heterocycles. The van der Waals surface area contributed by atoms with Gasteiger partial charge in [0.05, 0.1) is 0 Å². The molecule has 0 bridgehead atoms. The van der Waals surface area contributed by atoms with Gasteiger partial charge in [0, 0.05) is 18.6 Å². The highest BCUT2D eigenvalue weighted by molar-refractivity contribution is 5.28. The zero-order chi connectivity index (χ0) is 15.2. The molecular weight excluding hydrogens is 256 g/mol. The van der Waals surface area contributed by atoms with Crippen molar-refractivity contribution >= 4 is 0 Å². The molecule has 0 amide bonds. The predicted molar refractivity (Wildman–Crippen MR) is 91.4 cm³/mol. The Morgan fingerprint density at radius 2 is 1.86 bits per heavy atom. The molecule has 118 valence electrons. The Morgan fingerprint density at radius 1 is 1.19 bits per heavy atom. The molecule has 1 aromatic rings. The molecule has 1 aromatic carbocycles. The van der Waals surface area contributed by atoms with Gasteiger partial charge >= 0.3 is 0 Å². The molecule has 2 N–H and O–H groups in total. The first-order valence-electron chi connectivity index (χ1n) is 8.63. The molecule has 0 saturated heterocycles. The van der Waals surface area contributed by atoms with Crippen LogP contribution in [-0.4, -0.2) is 24.0 Å². The maximum Gasteiger partial charge on any atom is 0.0427 e. The van der Waals surface area contributed by atoms with E-state index in [1.807, 2.05) is 0 Å². The fourth-order valence-electron chi connectivity index (χ4n) is 3.47. The van der Waals surface area contributed by atoms with Crippen LogP contribution in [0.2, 0.25) is 0 Å². The van der Waals surface area contributed by atoms with Gasteiger partial charge in [0.2, 0.25) is 0 Å². The molecule has 0 aliphatic heterocycles. The van der Waals surface area contributed by atoms with Gasteiger partial charge in [0.25, 0.3) is 0 Å². The van der Waals surface area contributed by atoms with Crippen molar-refractivity contribution in [2.45, 2.75) is 65.0 Å². The largest absolute Gasteiger partial charge is 0.323 e. The number of nitrogens with zero attached hydrogens (tertiary/aromatic N) is 1. The van der Waals surface area contributed by atoms with Crippen molar-refractivity contribution < 1.29 is 0 Å². The smallest absolute Gasteiger partial charge is 0.0427 e. The molecule has 1 aliphatic rings. The zero-order valence-electron chi connectivity index (χ0n) is 14.0. The lowest BCUT2D eigenvalue weighted by atomic mass is 10.0. The van der Waals surface area contributed by atoms with Crippen molar-refractivity contribution in [1.82, 2.24) is 4.90 Å². The van der Waals surface area contributed by atoms with Gasteiger partial charge in [-0.05, 0) is 49.8 Å². The first kappa shape index (κ1) is 16.5. The van der Waals surface area contributed by atoms with Crippen molar-refractivity contribution in [2.24, 2.45) is 11.7 Å². The van der Waals surface area contributed by atoms with Crippen LogP contribution < -0.4 is 5.73 Å². The van der Waals surface area contributed by atoms with Crippen LogP contribution >= 0.6 is 0 Å². The van der Waals surface area contributed by atoms with Gasteiger partial charge in [0.15, 0.2) is 0 Å². The van der Waals surface area contributed by atoms with Gasteiger partial charge in [-0.15, -0.1) is 0 Å². The Balaban J connectivity index is 2.01. The Hall–Kier alpha value is -0.860. The van der Waals surface area contributed by atoms with Crippen LogP contribution in [0, 0.1) is 12.8 Å². The first-order chi connectivity index (χ1) is 10.1. The van der Waals surface area contributed by atoms with Crippen molar-refractivity contribution in [3.8, 4) is 0 Å². The summed E-state index contributed by atoms with van der Waals surface area (Å²) in [5.74, 6) is 0.767. The van der Waals surface area contributed by atoms with E-state index in [4.69, 9.17) is 5.73 Å². The molecule has 0 aromatic heterocycles. The van der Waals surface area contributed by atoms with E-state index < -0.39 is 0 Å². The second-order valence-electron chi connectivity index (χ2n) is 7.08. The van der Waals surface area contributed by atoms with Gasteiger partial charge in [-0.1, -0.05) is 51.0 Å². The molecule has 1 fully saturated rings. The number of benzene rings is 1. The highest BCUT2D eigenvalue weighted by atomic mass is 15.2. The van der Waals surface area contributed by atoms with Crippen molar-refractivity contribution in [2.75, 3.05) is 13.1 Å². The minimum absolute atomic E-state index is 0.138. The maximum absolute atomic E-state index is 6.53. The number of hydrogen-bond donors (Lipinski definition) is 1. The second-order valence-corrected chi connectivity index (χ2v) is 7.08. The molecule has 21 heavy (non-hydrogen) atoms. The molecule has 2 heteroatoms. The van der Waals surface area contributed by atoms with Gasteiger partial charge < -0.3 is 5.73 Å². The summed E-state index contributed by atoms with van der Waals surface area (Å²) in [6.07, 6.45) is 6.78. The molecule has 0 spiro atoms. The minimum atomic E-state index is 0.138. The normalized spacial score (nSPS) is 17.8. The summed E-state index contributed by atoms with van der Waals surface area (Å²) >= 11 is 0. The minimum Gasteiger partial charge on any atom is -0.323 e. The summed E-state index contributed by atoms with van der Waals surface area (Å²) in [7, 11) is 0. The topological polar surface area (TPSA) is 29.3 Å². The summed E-state index contributed by atoms with van der Waals surface area (Å²) in [6, 6.07) is 9.46. The summed E-state index contributed by atoms with van der Waals surface area (Å²) in [4.78, 5) is 2.67. The van der Waals surface area contributed by atoms with Crippen molar-refractivity contribution in [1.29, 1.82) is 0 Å². The zero-order valence-corrected chi connectivity index (χ0v) is 14.0. The Labute approximate surface area is 130 Å². The van der Waals surface area contributed by atoms with Crippen LogP contribution in [0.4, 0.5) is 0 Å². The van der Waals surface area contributed by atoms with Crippen LogP contribution in [0.1, 0.15) is 63.1 Å². The quantitative estimate of drug-likeness (QED) is 0.811. The molecule has 1 saturated carbocycles. The third-order valence-corrected chi connectivity index (χ3v) is 4.85. The summed E-state index contributed by atoms with van der Waals surface area (Å²) in [5.41, 5.74) is 9.16. The lowest BCUT2D eigenvalue weighted by Crippen LogP contribution is -2.40. The molecule has 1 aliphatic carbocycles. The summed E-state index contributed by atoms with van der Waals surface area (Å²) in [6.45, 7) is 9.00. The predicted octanol–water partition coefficient (Wildman–Crippen LogP) is 4.29. The first-order valence-corrected chi connectivity index (χ1v) is 8.63. The molecule has 1 atom stereocenters. The molecule has 2 nitrogen and oxygen atoms in total. The summed E-state index contributed by atoms with van der Waals surface area (Å²) < 4.78 is 0. The van der Waals surface area contributed by atoms with Crippen LogP contribution in [0.3, 0.4) is 0 Å². The average Bonchev–Trinajstić information content (AvgIpc) is 2.97. The van der Waals surface area contributed by atoms with Crippen molar-refractivity contribution in [3.05, 3.63) is 35.4 Å². The fraction of sp³-hybridized carbons (Fsp3) is 0.684. The van der Waals surface area contributed by atoms with E-state index >= 15 is 0 Å². The standard InChI is InChI=1S/C19H32N2/c1-15(2)12-13-21(17-9-5-6-10-17)14-19(20)18-11-7-4-8-16(18)3/h4,7-8,11,15,17,19H,5-6,9-10,12-14,20H2,1-3H3. The number of nitrogens with two attached hydrogens (primary N) is 1. The van der Waals surface area contributed by atoms with E-state index in [-0.39, 0.29) is 6.04 Å². The van der Waals surface area contributed by atoms with E-state index in [1.165, 1.54) is 49.8 Å². The van der Waals surface area contributed by atoms with E-state index in [2.05, 4.69) is 49.9 Å².